The van der Waals surface area contributed by atoms with Crippen LogP contribution in [0, 0.1) is 12.8 Å². The molecule has 18 heavy (non-hydrogen) atoms. The smallest absolute Gasteiger partial charge is 0.0393 e. The second-order valence-electron chi connectivity index (χ2n) is 6.10. The van der Waals surface area contributed by atoms with Crippen LogP contribution in [0.5, 0.6) is 0 Å². The first-order chi connectivity index (χ1) is 8.72. The first kappa shape index (κ1) is 12.0. The Morgan fingerprint density at radius 3 is 2.61 bits per heavy atom. The Morgan fingerprint density at radius 2 is 2.00 bits per heavy atom. The first-order valence-corrected chi connectivity index (χ1v) is 7.26. The van der Waals surface area contributed by atoms with Crippen LogP contribution in [-0.4, -0.2) is 19.6 Å². The molecule has 0 bridgehead atoms. The lowest BCUT2D eigenvalue weighted by molar-refractivity contribution is 0.687. The molecule has 0 heterocycles. The molecule has 0 aromatic heterocycles. The normalized spacial score (nSPS) is 19.0. The van der Waals surface area contributed by atoms with E-state index in [0.717, 1.165) is 18.5 Å². The second kappa shape index (κ2) is 4.93. The molecule has 2 aliphatic carbocycles. The van der Waals surface area contributed by atoms with Crippen molar-refractivity contribution in [3.05, 3.63) is 29.3 Å². The van der Waals surface area contributed by atoms with Crippen LogP contribution in [0.4, 0.5) is 5.69 Å². The minimum Gasteiger partial charge on any atom is -0.374 e. The Bertz CT molecular complexity index is 419. The predicted octanol–water partition coefficient (Wildman–Crippen LogP) is 3.09. The SMILES string of the molecule is Cc1cc(CNC2CC2)ccc1N(C)CC1CC1. The number of benzene rings is 1. The highest BCUT2D eigenvalue weighted by Gasteiger charge is 2.23. The molecule has 98 valence electrons. The van der Waals surface area contributed by atoms with Crippen LogP contribution < -0.4 is 10.2 Å². The van der Waals surface area contributed by atoms with Crippen molar-refractivity contribution in [1.82, 2.24) is 5.32 Å². The minimum absolute atomic E-state index is 0.794. The lowest BCUT2D eigenvalue weighted by Gasteiger charge is -2.22. The summed E-state index contributed by atoms with van der Waals surface area (Å²) in [6, 6.07) is 7.71. The molecule has 0 spiro atoms. The molecule has 0 amide bonds. The zero-order valence-electron chi connectivity index (χ0n) is 11.6. The predicted molar refractivity (Wildman–Crippen MR) is 77.0 cm³/mol. The van der Waals surface area contributed by atoms with Crippen molar-refractivity contribution in [3.8, 4) is 0 Å². The van der Waals surface area contributed by atoms with Crippen LogP contribution in [0.2, 0.25) is 0 Å². The van der Waals surface area contributed by atoms with Crippen molar-refractivity contribution in [3.63, 3.8) is 0 Å². The highest BCUT2D eigenvalue weighted by Crippen LogP contribution is 2.31. The molecular weight excluding hydrogens is 220 g/mol. The summed E-state index contributed by atoms with van der Waals surface area (Å²) in [5.41, 5.74) is 4.23. The van der Waals surface area contributed by atoms with Gasteiger partial charge in [0.05, 0.1) is 0 Å². The Balaban J connectivity index is 1.62. The van der Waals surface area contributed by atoms with E-state index in [4.69, 9.17) is 0 Å². The van der Waals surface area contributed by atoms with Gasteiger partial charge in [0.1, 0.15) is 0 Å². The summed E-state index contributed by atoms with van der Waals surface area (Å²) in [6.45, 7) is 4.48. The van der Waals surface area contributed by atoms with E-state index in [-0.39, 0.29) is 0 Å². The van der Waals surface area contributed by atoms with Gasteiger partial charge >= 0.3 is 0 Å². The third kappa shape index (κ3) is 3.05. The Hall–Kier alpha value is -1.02. The largest absolute Gasteiger partial charge is 0.374 e. The number of nitrogens with one attached hydrogen (secondary N) is 1. The van der Waals surface area contributed by atoms with E-state index in [0.29, 0.717) is 0 Å². The van der Waals surface area contributed by atoms with Crippen molar-refractivity contribution >= 4 is 5.69 Å². The quantitative estimate of drug-likeness (QED) is 0.827. The molecule has 2 fully saturated rings. The molecular formula is C16H24N2. The average molecular weight is 244 g/mol. The fraction of sp³-hybridized carbons (Fsp3) is 0.625. The molecule has 2 saturated carbocycles. The third-order valence-electron chi connectivity index (χ3n) is 4.07. The first-order valence-electron chi connectivity index (χ1n) is 7.26. The number of rotatable bonds is 6. The molecule has 2 aliphatic rings. The van der Waals surface area contributed by atoms with Crippen molar-refractivity contribution in [2.75, 3.05) is 18.5 Å². The Labute approximate surface area is 110 Å². The van der Waals surface area contributed by atoms with E-state index in [1.54, 1.807) is 0 Å². The van der Waals surface area contributed by atoms with E-state index >= 15 is 0 Å². The molecule has 1 aromatic carbocycles. The van der Waals surface area contributed by atoms with Crippen LogP contribution in [0.25, 0.3) is 0 Å². The van der Waals surface area contributed by atoms with Crippen LogP contribution in [-0.2, 0) is 6.54 Å². The summed E-state index contributed by atoms with van der Waals surface area (Å²) in [6.07, 6.45) is 5.57. The fourth-order valence-electron chi connectivity index (χ4n) is 2.59. The highest BCUT2D eigenvalue weighted by atomic mass is 15.1. The lowest BCUT2D eigenvalue weighted by Crippen LogP contribution is -2.21. The summed E-state index contributed by atoms with van der Waals surface area (Å²) in [5.74, 6) is 0.950. The number of hydrogen-bond acceptors (Lipinski definition) is 2. The van der Waals surface area contributed by atoms with E-state index < -0.39 is 0 Å². The van der Waals surface area contributed by atoms with Gasteiger partial charge in [-0.05, 0) is 55.7 Å². The molecule has 0 unspecified atom stereocenters. The van der Waals surface area contributed by atoms with Crippen molar-refractivity contribution < 1.29 is 0 Å². The summed E-state index contributed by atoms with van der Waals surface area (Å²) < 4.78 is 0. The van der Waals surface area contributed by atoms with Gasteiger partial charge in [0, 0.05) is 31.9 Å². The van der Waals surface area contributed by atoms with Gasteiger partial charge in [0.2, 0.25) is 0 Å². The van der Waals surface area contributed by atoms with Gasteiger partial charge in [-0.15, -0.1) is 0 Å². The van der Waals surface area contributed by atoms with Crippen molar-refractivity contribution in [2.45, 2.75) is 45.2 Å². The fourth-order valence-corrected chi connectivity index (χ4v) is 2.59. The molecule has 0 atom stereocenters. The van der Waals surface area contributed by atoms with Gasteiger partial charge in [0.15, 0.2) is 0 Å². The topological polar surface area (TPSA) is 15.3 Å². The zero-order chi connectivity index (χ0) is 12.5. The summed E-state index contributed by atoms with van der Waals surface area (Å²) >= 11 is 0. The maximum absolute atomic E-state index is 3.58. The van der Waals surface area contributed by atoms with Crippen LogP contribution in [0.3, 0.4) is 0 Å². The lowest BCUT2D eigenvalue weighted by atomic mass is 10.1. The molecule has 2 heteroatoms. The summed E-state index contributed by atoms with van der Waals surface area (Å²) in [4.78, 5) is 2.42. The van der Waals surface area contributed by atoms with E-state index in [2.05, 4.69) is 42.4 Å². The van der Waals surface area contributed by atoms with Crippen LogP contribution >= 0.6 is 0 Å². The molecule has 0 saturated heterocycles. The average Bonchev–Trinajstić information content (AvgIpc) is 3.21. The minimum atomic E-state index is 0.794. The number of hydrogen-bond donors (Lipinski definition) is 1. The van der Waals surface area contributed by atoms with E-state index in [1.807, 2.05) is 0 Å². The van der Waals surface area contributed by atoms with Gasteiger partial charge in [-0.25, -0.2) is 0 Å². The van der Waals surface area contributed by atoms with Gasteiger partial charge in [-0.2, -0.15) is 0 Å². The molecule has 0 aliphatic heterocycles. The Kier molecular flexibility index (Phi) is 3.29. The van der Waals surface area contributed by atoms with Gasteiger partial charge in [-0.1, -0.05) is 12.1 Å². The van der Waals surface area contributed by atoms with Gasteiger partial charge in [-0.3, -0.25) is 0 Å². The number of aryl methyl sites for hydroxylation is 1. The maximum Gasteiger partial charge on any atom is 0.0393 e. The molecule has 3 rings (SSSR count). The summed E-state index contributed by atoms with van der Waals surface area (Å²) in [7, 11) is 2.22. The number of anilines is 1. The van der Waals surface area contributed by atoms with Gasteiger partial charge in [0.25, 0.3) is 0 Å². The summed E-state index contributed by atoms with van der Waals surface area (Å²) in [5, 5.41) is 3.58. The van der Waals surface area contributed by atoms with Crippen LogP contribution in [0.1, 0.15) is 36.8 Å². The maximum atomic E-state index is 3.58. The number of nitrogens with zero attached hydrogens (tertiary/aromatic N) is 1. The van der Waals surface area contributed by atoms with Crippen LogP contribution in [0.15, 0.2) is 18.2 Å². The zero-order valence-corrected chi connectivity index (χ0v) is 11.6. The monoisotopic (exact) mass is 244 g/mol. The van der Waals surface area contributed by atoms with E-state index in [1.165, 1.54) is 49.0 Å². The molecule has 0 radical (unpaired) electrons. The standard InChI is InChI=1S/C16H24N2/c1-12-9-14(10-17-15-6-7-15)5-8-16(12)18(2)11-13-3-4-13/h5,8-9,13,15,17H,3-4,6-7,10-11H2,1-2H3. The Morgan fingerprint density at radius 1 is 1.22 bits per heavy atom. The van der Waals surface area contributed by atoms with Crippen molar-refractivity contribution in [1.29, 1.82) is 0 Å². The van der Waals surface area contributed by atoms with E-state index in [9.17, 15) is 0 Å². The molecule has 1 aromatic rings. The van der Waals surface area contributed by atoms with Gasteiger partial charge < -0.3 is 10.2 Å². The second-order valence-corrected chi connectivity index (χ2v) is 6.10. The molecule has 2 nitrogen and oxygen atoms in total. The van der Waals surface area contributed by atoms with Crippen molar-refractivity contribution in [2.24, 2.45) is 5.92 Å². The third-order valence-corrected chi connectivity index (χ3v) is 4.07. The molecule has 1 N–H and O–H groups in total. The highest BCUT2D eigenvalue weighted by molar-refractivity contribution is 5.54.